The molecule has 2 amide bonds. The van der Waals surface area contributed by atoms with Crippen LogP contribution in [-0.4, -0.2) is 34.9 Å². The minimum atomic E-state index is -1.61. The Kier molecular flexibility index (Phi) is 5.41. The van der Waals surface area contributed by atoms with Crippen LogP contribution >= 0.6 is 11.6 Å². The highest BCUT2D eigenvalue weighted by molar-refractivity contribution is 6.31. The van der Waals surface area contributed by atoms with Crippen molar-refractivity contribution in [3.05, 3.63) is 34.9 Å². The first-order valence-corrected chi connectivity index (χ1v) is 5.54. The maximum atomic E-state index is 11.3. The second kappa shape index (κ2) is 6.83. The second-order valence-corrected chi connectivity index (χ2v) is 3.92. The van der Waals surface area contributed by atoms with Gasteiger partial charge in [-0.1, -0.05) is 29.8 Å². The average Bonchev–Trinajstić information content (AvgIpc) is 2.34. The van der Waals surface area contributed by atoms with E-state index >= 15 is 0 Å². The van der Waals surface area contributed by atoms with Gasteiger partial charge in [-0.05, 0) is 11.6 Å². The summed E-state index contributed by atoms with van der Waals surface area (Å²) in [5.74, 6) is -1.39. The third kappa shape index (κ3) is 4.60. The summed E-state index contributed by atoms with van der Waals surface area (Å²) in [6, 6.07) is 6.44. The van der Waals surface area contributed by atoms with Gasteiger partial charge in [-0.2, -0.15) is 0 Å². The van der Waals surface area contributed by atoms with Gasteiger partial charge in [-0.3, -0.25) is 0 Å². The van der Waals surface area contributed by atoms with Crippen LogP contribution in [0.1, 0.15) is 5.56 Å². The molecule has 0 saturated carbocycles. The predicted molar refractivity (Wildman–Crippen MR) is 65.3 cm³/mol. The molecule has 1 aromatic carbocycles. The number of aliphatic hydroxyl groups excluding tert-OH is 1. The van der Waals surface area contributed by atoms with Crippen LogP contribution in [0.3, 0.4) is 0 Å². The maximum absolute atomic E-state index is 11.3. The fourth-order valence-corrected chi connectivity index (χ4v) is 1.36. The minimum absolute atomic E-state index is 0.217. The number of rotatable bonds is 5. The zero-order valence-corrected chi connectivity index (χ0v) is 10.1. The van der Waals surface area contributed by atoms with E-state index in [1.165, 1.54) is 0 Å². The smallest absolute Gasteiger partial charge is 0.334 e. The predicted octanol–water partition coefficient (Wildman–Crippen LogP) is 0.585. The Morgan fingerprint density at radius 1 is 1.28 bits per heavy atom. The van der Waals surface area contributed by atoms with Crippen molar-refractivity contribution in [2.75, 3.05) is 6.54 Å². The van der Waals surface area contributed by atoms with Gasteiger partial charge in [0.2, 0.25) is 0 Å². The summed E-state index contributed by atoms with van der Waals surface area (Å²) in [4.78, 5) is 21.6. The highest BCUT2D eigenvalue weighted by Crippen LogP contribution is 2.13. The SMILES string of the molecule is O=C(NCc1ccccc1Cl)NCC(O)C(=O)O. The molecule has 1 rings (SSSR count). The lowest BCUT2D eigenvalue weighted by molar-refractivity contribution is -0.146. The lowest BCUT2D eigenvalue weighted by atomic mass is 10.2. The third-order valence-corrected chi connectivity index (χ3v) is 2.51. The van der Waals surface area contributed by atoms with Crippen LogP contribution in [0.15, 0.2) is 24.3 Å². The number of carboxylic acids is 1. The van der Waals surface area contributed by atoms with E-state index in [4.69, 9.17) is 21.8 Å². The van der Waals surface area contributed by atoms with Crippen LogP contribution in [0.25, 0.3) is 0 Å². The number of carbonyl (C=O) groups is 2. The summed E-state index contributed by atoms with van der Waals surface area (Å²) in [7, 11) is 0. The first-order chi connectivity index (χ1) is 8.50. The van der Waals surface area contributed by atoms with Crippen molar-refractivity contribution in [3.63, 3.8) is 0 Å². The van der Waals surface area contributed by atoms with Crippen molar-refractivity contribution in [1.82, 2.24) is 10.6 Å². The molecule has 0 fully saturated rings. The first-order valence-electron chi connectivity index (χ1n) is 5.16. The largest absolute Gasteiger partial charge is 0.479 e. The molecule has 7 heteroatoms. The number of aliphatic hydroxyl groups is 1. The first kappa shape index (κ1) is 14.3. The van der Waals surface area contributed by atoms with Gasteiger partial charge in [0.05, 0.1) is 6.54 Å². The molecular weight excluding hydrogens is 260 g/mol. The quantitative estimate of drug-likeness (QED) is 0.630. The van der Waals surface area contributed by atoms with Crippen LogP contribution in [0, 0.1) is 0 Å². The monoisotopic (exact) mass is 272 g/mol. The van der Waals surface area contributed by atoms with E-state index in [0.717, 1.165) is 5.56 Å². The Bertz CT molecular complexity index is 439. The van der Waals surface area contributed by atoms with Crippen LogP contribution in [0.5, 0.6) is 0 Å². The number of carbonyl (C=O) groups excluding carboxylic acids is 1. The van der Waals surface area contributed by atoms with Gasteiger partial charge in [0.25, 0.3) is 0 Å². The Morgan fingerprint density at radius 2 is 1.94 bits per heavy atom. The van der Waals surface area contributed by atoms with E-state index < -0.39 is 18.1 Å². The van der Waals surface area contributed by atoms with Gasteiger partial charge in [-0.25, -0.2) is 9.59 Å². The second-order valence-electron chi connectivity index (χ2n) is 3.51. The molecule has 0 bridgehead atoms. The molecule has 4 N–H and O–H groups in total. The van der Waals surface area contributed by atoms with Crippen molar-refractivity contribution in [2.24, 2.45) is 0 Å². The fraction of sp³-hybridized carbons (Fsp3) is 0.273. The van der Waals surface area contributed by atoms with Crippen LogP contribution in [0.2, 0.25) is 5.02 Å². The van der Waals surface area contributed by atoms with Gasteiger partial charge < -0.3 is 20.8 Å². The van der Waals surface area contributed by atoms with E-state index in [-0.39, 0.29) is 13.1 Å². The number of amides is 2. The van der Waals surface area contributed by atoms with E-state index in [2.05, 4.69) is 10.6 Å². The number of halogens is 1. The van der Waals surface area contributed by atoms with Gasteiger partial charge in [0.1, 0.15) is 0 Å². The van der Waals surface area contributed by atoms with E-state index in [9.17, 15) is 9.59 Å². The highest BCUT2D eigenvalue weighted by atomic mass is 35.5. The number of hydrogen-bond donors (Lipinski definition) is 4. The molecule has 18 heavy (non-hydrogen) atoms. The van der Waals surface area contributed by atoms with E-state index in [1.807, 2.05) is 0 Å². The summed E-state index contributed by atoms with van der Waals surface area (Å²) in [5, 5.41) is 22.6. The average molecular weight is 273 g/mol. The Balaban J connectivity index is 2.34. The number of carboxylic acid groups (broad SMARTS) is 1. The lowest BCUT2D eigenvalue weighted by Gasteiger charge is -2.10. The number of hydrogen-bond acceptors (Lipinski definition) is 3. The molecule has 98 valence electrons. The van der Waals surface area contributed by atoms with Gasteiger partial charge in [-0.15, -0.1) is 0 Å². The number of benzene rings is 1. The number of aliphatic carboxylic acids is 1. The van der Waals surface area contributed by atoms with Crippen molar-refractivity contribution in [1.29, 1.82) is 0 Å². The number of nitrogens with one attached hydrogen (secondary N) is 2. The van der Waals surface area contributed by atoms with E-state index in [1.54, 1.807) is 24.3 Å². The Morgan fingerprint density at radius 3 is 2.56 bits per heavy atom. The summed E-state index contributed by atoms with van der Waals surface area (Å²) >= 11 is 5.89. The Hall–Kier alpha value is -1.79. The molecule has 0 aliphatic rings. The highest BCUT2D eigenvalue weighted by Gasteiger charge is 2.13. The fourth-order valence-electron chi connectivity index (χ4n) is 1.16. The van der Waals surface area contributed by atoms with Crippen LogP contribution < -0.4 is 10.6 Å². The minimum Gasteiger partial charge on any atom is -0.479 e. The summed E-state index contributed by atoms with van der Waals surface area (Å²) in [5.41, 5.74) is 0.744. The molecule has 0 aliphatic heterocycles. The zero-order chi connectivity index (χ0) is 13.5. The molecule has 1 atom stereocenters. The molecule has 0 radical (unpaired) electrons. The Labute approximate surface area is 109 Å². The van der Waals surface area contributed by atoms with Gasteiger partial charge in [0.15, 0.2) is 6.10 Å². The van der Waals surface area contributed by atoms with Crippen LogP contribution in [-0.2, 0) is 11.3 Å². The molecule has 0 heterocycles. The standard InChI is InChI=1S/C11H13ClN2O4/c12-8-4-2-1-3-7(8)5-13-11(18)14-6-9(15)10(16)17/h1-4,9,15H,5-6H2,(H,16,17)(H2,13,14,18). The number of urea groups is 1. The van der Waals surface area contributed by atoms with Gasteiger partial charge in [0, 0.05) is 11.6 Å². The topological polar surface area (TPSA) is 98.7 Å². The van der Waals surface area contributed by atoms with Crippen molar-refractivity contribution >= 4 is 23.6 Å². The van der Waals surface area contributed by atoms with E-state index in [0.29, 0.717) is 5.02 Å². The summed E-state index contributed by atoms with van der Waals surface area (Å²) in [6.45, 7) is -0.141. The molecule has 0 aliphatic carbocycles. The summed E-state index contributed by atoms with van der Waals surface area (Å²) < 4.78 is 0. The molecule has 0 spiro atoms. The molecule has 1 unspecified atom stereocenters. The lowest BCUT2D eigenvalue weighted by Crippen LogP contribution is -2.41. The van der Waals surface area contributed by atoms with Crippen molar-refractivity contribution < 1.29 is 19.8 Å². The molecule has 1 aromatic rings. The van der Waals surface area contributed by atoms with Crippen LogP contribution in [0.4, 0.5) is 4.79 Å². The van der Waals surface area contributed by atoms with Crippen molar-refractivity contribution in [2.45, 2.75) is 12.6 Å². The molecule has 6 nitrogen and oxygen atoms in total. The third-order valence-electron chi connectivity index (χ3n) is 2.14. The van der Waals surface area contributed by atoms with Crippen molar-refractivity contribution in [3.8, 4) is 0 Å². The normalized spacial score (nSPS) is 11.7. The molecule has 0 saturated heterocycles. The summed E-state index contributed by atoms with van der Waals surface area (Å²) in [6.07, 6.45) is -1.61. The van der Waals surface area contributed by atoms with Gasteiger partial charge >= 0.3 is 12.0 Å². The molecular formula is C11H13ClN2O4. The molecule has 0 aromatic heterocycles. The zero-order valence-electron chi connectivity index (χ0n) is 9.39. The maximum Gasteiger partial charge on any atom is 0.334 e.